The Morgan fingerprint density at radius 3 is 2.51 bits per heavy atom. The number of allylic oxidation sites excluding steroid dienone is 1. The standard InChI is InChI=1S/C35H46FN5O9S/c1-34(2,3)50-32(45)37-27-10-8-6-4-5-7-9-23-17-35(23,31(44)39-51(47,48)26-13-14-26)38-29(42)28-16-25(20-41(28)30(27)43)49-33(46)40-18-21-11-12-24(36)15-22(21)19-40/h7,9,11-12,15,23,25-28H,4-6,8,10,13-14,16-20H2,1-3H3,(H,37,45)(H,38,42)(H,39,44)/b9-7-/t23-,25+,27-,28-,35-/m0/s1. The Bertz CT molecular complexity index is 1730. The number of amides is 5. The SMILES string of the molecule is CC(C)(C)OC(=O)N[C@H]1CCCCC/C=C\[C@H]2C[C@]2(C(=O)NS(=O)(=O)C2CC2)NC(=O)[C@@H]2C[C@@H](OC(=O)N3Cc4ccc(F)cc4C3)CN2C1=O. The van der Waals surface area contributed by atoms with Crippen LogP contribution in [0.1, 0.15) is 89.7 Å². The highest BCUT2D eigenvalue weighted by molar-refractivity contribution is 7.91. The monoisotopic (exact) mass is 731 g/mol. The molecule has 16 heteroatoms. The van der Waals surface area contributed by atoms with E-state index in [0.29, 0.717) is 31.2 Å². The summed E-state index contributed by atoms with van der Waals surface area (Å²) in [4.78, 5) is 70.9. The quantitative estimate of drug-likeness (QED) is 0.384. The van der Waals surface area contributed by atoms with E-state index in [1.54, 1.807) is 26.8 Å². The van der Waals surface area contributed by atoms with Gasteiger partial charge < -0.3 is 25.0 Å². The number of carbonyl (C=O) groups is 5. The highest BCUT2D eigenvalue weighted by atomic mass is 32.2. The molecular weight excluding hydrogens is 685 g/mol. The number of nitrogens with zero attached hydrogens (tertiary/aromatic N) is 2. The molecule has 3 N–H and O–H groups in total. The summed E-state index contributed by atoms with van der Waals surface area (Å²) in [6.45, 7) is 5.24. The lowest BCUT2D eigenvalue weighted by atomic mass is 10.0. The Labute approximate surface area is 296 Å². The van der Waals surface area contributed by atoms with Crippen LogP contribution in [0.3, 0.4) is 0 Å². The van der Waals surface area contributed by atoms with Gasteiger partial charge in [0.15, 0.2) is 0 Å². The van der Waals surface area contributed by atoms with E-state index in [2.05, 4.69) is 15.4 Å². The molecule has 1 saturated heterocycles. The number of fused-ring (bicyclic) bond motifs is 3. The molecule has 0 spiro atoms. The summed E-state index contributed by atoms with van der Waals surface area (Å²) in [5.41, 5.74) is -0.960. The molecule has 2 aliphatic carbocycles. The molecule has 3 fully saturated rings. The molecule has 51 heavy (non-hydrogen) atoms. The van der Waals surface area contributed by atoms with E-state index in [0.717, 1.165) is 18.4 Å². The zero-order valence-electron chi connectivity index (χ0n) is 29.1. The average molecular weight is 732 g/mol. The maximum absolute atomic E-state index is 14.3. The maximum Gasteiger partial charge on any atom is 0.410 e. The fraction of sp³-hybridized carbons (Fsp3) is 0.629. The van der Waals surface area contributed by atoms with Gasteiger partial charge in [-0.3, -0.25) is 24.0 Å². The van der Waals surface area contributed by atoms with Crippen molar-refractivity contribution in [3.05, 3.63) is 47.3 Å². The number of benzene rings is 1. The van der Waals surface area contributed by atoms with E-state index in [9.17, 15) is 36.8 Å². The molecule has 0 bridgehead atoms. The third-order valence-corrected chi connectivity index (χ3v) is 11.8. The second-order valence-corrected chi connectivity index (χ2v) is 17.2. The molecule has 0 unspecified atom stereocenters. The molecule has 3 heterocycles. The van der Waals surface area contributed by atoms with Crippen LogP contribution in [0.4, 0.5) is 14.0 Å². The smallest absolute Gasteiger partial charge is 0.410 e. The highest BCUT2D eigenvalue weighted by Crippen LogP contribution is 2.46. The molecule has 3 aliphatic heterocycles. The van der Waals surface area contributed by atoms with Gasteiger partial charge in [0.1, 0.15) is 35.1 Å². The van der Waals surface area contributed by atoms with Crippen molar-refractivity contribution in [2.24, 2.45) is 5.92 Å². The second-order valence-electron chi connectivity index (χ2n) is 15.2. The van der Waals surface area contributed by atoms with Crippen LogP contribution in [0.15, 0.2) is 30.4 Å². The molecule has 14 nitrogen and oxygen atoms in total. The van der Waals surface area contributed by atoms with Crippen molar-refractivity contribution in [1.82, 2.24) is 25.2 Å². The minimum absolute atomic E-state index is 0.115. The number of hydrogen-bond donors (Lipinski definition) is 3. The van der Waals surface area contributed by atoms with E-state index in [-0.39, 0.29) is 38.9 Å². The number of sulfonamides is 1. The summed E-state index contributed by atoms with van der Waals surface area (Å²) in [6.07, 6.45) is 5.21. The van der Waals surface area contributed by atoms with Gasteiger partial charge in [0.05, 0.1) is 11.8 Å². The molecular formula is C35H46FN5O9S. The molecule has 6 rings (SSSR count). The number of halogens is 1. The first-order chi connectivity index (χ1) is 24.0. The van der Waals surface area contributed by atoms with E-state index in [1.165, 1.54) is 21.9 Å². The predicted molar refractivity (Wildman–Crippen MR) is 180 cm³/mol. The minimum Gasteiger partial charge on any atom is -0.444 e. The molecule has 278 valence electrons. The third-order valence-electron chi connectivity index (χ3n) is 9.95. The summed E-state index contributed by atoms with van der Waals surface area (Å²) >= 11 is 0. The molecule has 2 saturated carbocycles. The highest BCUT2D eigenvalue weighted by Gasteiger charge is 2.62. The molecule has 0 radical (unpaired) electrons. The Kier molecular flexibility index (Phi) is 10.1. The molecule has 0 aromatic heterocycles. The minimum atomic E-state index is -3.92. The Hall–Kier alpha value is -4.21. The molecule has 5 atom stereocenters. The lowest BCUT2D eigenvalue weighted by Crippen LogP contribution is -2.58. The first-order valence-electron chi connectivity index (χ1n) is 17.6. The largest absolute Gasteiger partial charge is 0.444 e. The fourth-order valence-electron chi connectivity index (χ4n) is 7.01. The number of nitrogens with one attached hydrogen (secondary N) is 3. The molecule has 5 aliphatic rings. The van der Waals surface area contributed by atoms with Gasteiger partial charge in [-0.05, 0) is 82.6 Å². The number of hydrogen-bond acceptors (Lipinski definition) is 9. The predicted octanol–water partition coefficient (Wildman–Crippen LogP) is 3.14. The summed E-state index contributed by atoms with van der Waals surface area (Å²) in [5, 5.41) is 4.80. The van der Waals surface area contributed by atoms with Crippen LogP contribution < -0.4 is 15.4 Å². The number of carbonyl (C=O) groups excluding carboxylic acids is 5. The maximum atomic E-state index is 14.3. The third kappa shape index (κ3) is 8.47. The van der Waals surface area contributed by atoms with Gasteiger partial charge in [-0.15, -0.1) is 0 Å². The zero-order chi connectivity index (χ0) is 36.7. The Balaban J connectivity index is 1.25. The van der Waals surface area contributed by atoms with Crippen molar-refractivity contribution in [2.45, 2.75) is 126 Å². The van der Waals surface area contributed by atoms with Gasteiger partial charge >= 0.3 is 12.2 Å². The lowest BCUT2D eigenvalue weighted by Gasteiger charge is -2.30. The van der Waals surface area contributed by atoms with Crippen molar-refractivity contribution in [3.63, 3.8) is 0 Å². The van der Waals surface area contributed by atoms with Crippen LogP contribution in [0.25, 0.3) is 0 Å². The van der Waals surface area contributed by atoms with Crippen molar-refractivity contribution in [2.75, 3.05) is 6.54 Å². The lowest BCUT2D eigenvalue weighted by molar-refractivity contribution is -0.141. The van der Waals surface area contributed by atoms with Crippen LogP contribution in [0.2, 0.25) is 0 Å². The van der Waals surface area contributed by atoms with Gasteiger partial charge in [-0.25, -0.2) is 22.4 Å². The van der Waals surface area contributed by atoms with E-state index in [1.807, 2.05) is 12.2 Å². The van der Waals surface area contributed by atoms with Crippen molar-refractivity contribution >= 4 is 39.9 Å². The summed E-state index contributed by atoms with van der Waals surface area (Å²) < 4.78 is 52.7. The second kappa shape index (κ2) is 14.1. The molecule has 1 aromatic carbocycles. The normalized spacial score (nSPS) is 28.9. The Morgan fingerprint density at radius 1 is 1.04 bits per heavy atom. The van der Waals surface area contributed by atoms with Crippen LogP contribution in [0, 0.1) is 11.7 Å². The van der Waals surface area contributed by atoms with Gasteiger partial charge in [0.25, 0.3) is 5.91 Å². The average Bonchev–Trinajstić information content (AvgIpc) is 3.93. The van der Waals surface area contributed by atoms with E-state index in [4.69, 9.17) is 9.47 Å². The van der Waals surface area contributed by atoms with Crippen LogP contribution in [0.5, 0.6) is 0 Å². The Morgan fingerprint density at radius 2 is 1.78 bits per heavy atom. The van der Waals surface area contributed by atoms with Gasteiger partial charge in [-0.2, -0.15) is 0 Å². The first kappa shape index (κ1) is 36.6. The summed E-state index contributed by atoms with van der Waals surface area (Å²) in [7, 11) is -3.92. The van der Waals surface area contributed by atoms with Gasteiger partial charge in [0.2, 0.25) is 21.8 Å². The number of rotatable bonds is 5. The van der Waals surface area contributed by atoms with Crippen molar-refractivity contribution < 1.29 is 46.3 Å². The van der Waals surface area contributed by atoms with Gasteiger partial charge in [0, 0.05) is 25.4 Å². The van der Waals surface area contributed by atoms with E-state index >= 15 is 0 Å². The summed E-state index contributed by atoms with van der Waals surface area (Å²) in [5.74, 6) is -3.03. The zero-order valence-corrected chi connectivity index (χ0v) is 29.9. The molecule has 1 aromatic rings. The molecule has 5 amide bonds. The fourth-order valence-corrected chi connectivity index (χ4v) is 8.37. The van der Waals surface area contributed by atoms with Crippen LogP contribution in [-0.4, -0.2) is 89.2 Å². The van der Waals surface area contributed by atoms with Crippen molar-refractivity contribution in [3.8, 4) is 0 Å². The van der Waals surface area contributed by atoms with Gasteiger partial charge in [-0.1, -0.05) is 31.1 Å². The topological polar surface area (TPSA) is 181 Å². The summed E-state index contributed by atoms with van der Waals surface area (Å²) in [6, 6.07) is 1.99. The van der Waals surface area contributed by atoms with Crippen molar-refractivity contribution in [1.29, 1.82) is 0 Å². The number of ether oxygens (including phenoxy) is 2. The van der Waals surface area contributed by atoms with Crippen LogP contribution in [-0.2, 0) is 47.0 Å². The first-order valence-corrected chi connectivity index (χ1v) is 19.2. The number of alkyl carbamates (subject to hydrolysis) is 1. The van der Waals surface area contributed by atoms with E-state index < -0.39 is 86.2 Å². The van der Waals surface area contributed by atoms with Crippen LogP contribution >= 0.6 is 0 Å².